The highest BCUT2D eigenvalue weighted by molar-refractivity contribution is 5.77. The molecule has 1 aromatic heterocycles. The molecule has 192 valence electrons. The highest BCUT2D eigenvalue weighted by Crippen LogP contribution is 2.31. The van der Waals surface area contributed by atoms with Crippen LogP contribution in [0.3, 0.4) is 0 Å². The summed E-state index contributed by atoms with van der Waals surface area (Å²) in [6, 6.07) is 19.3. The molecule has 6 rings (SSSR count). The van der Waals surface area contributed by atoms with Crippen molar-refractivity contribution in [3.63, 3.8) is 0 Å². The number of fused-ring (bicyclic) bond motifs is 1. The lowest BCUT2D eigenvalue weighted by Crippen LogP contribution is -2.56. The summed E-state index contributed by atoms with van der Waals surface area (Å²) >= 11 is 0. The van der Waals surface area contributed by atoms with Gasteiger partial charge in [-0.15, -0.1) is 0 Å². The molecule has 4 heterocycles. The van der Waals surface area contributed by atoms with Gasteiger partial charge in [-0.25, -0.2) is 9.97 Å². The summed E-state index contributed by atoms with van der Waals surface area (Å²) in [5.74, 6) is 0.0595. The Hall–Kier alpha value is -3.33. The molecule has 0 spiro atoms. The van der Waals surface area contributed by atoms with Crippen molar-refractivity contribution in [3.05, 3.63) is 89.5 Å². The maximum absolute atomic E-state index is 12.6. The molecule has 3 aliphatic rings. The van der Waals surface area contributed by atoms with E-state index < -0.39 is 6.35 Å². The first-order valence-corrected chi connectivity index (χ1v) is 13.2. The fraction of sp³-hybridized carbons (Fsp3) is 0.414. The van der Waals surface area contributed by atoms with Crippen molar-refractivity contribution < 1.29 is 9.53 Å². The van der Waals surface area contributed by atoms with Gasteiger partial charge in [0.15, 0.2) is 6.35 Å². The number of aromatic nitrogens is 2. The number of rotatable bonds is 6. The van der Waals surface area contributed by atoms with Crippen molar-refractivity contribution in [3.8, 4) is 0 Å². The first-order valence-electron chi connectivity index (χ1n) is 13.2. The number of amides is 1. The molecule has 0 saturated carbocycles. The second kappa shape index (κ2) is 10.6. The predicted molar refractivity (Wildman–Crippen MR) is 141 cm³/mol. The quantitative estimate of drug-likeness (QED) is 0.558. The summed E-state index contributed by atoms with van der Waals surface area (Å²) < 4.78 is 6.41. The van der Waals surface area contributed by atoms with Crippen LogP contribution in [-0.4, -0.2) is 58.3 Å². The lowest BCUT2D eigenvalue weighted by atomic mass is 10.0. The van der Waals surface area contributed by atoms with Crippen LogP contribution in [0, 0.1) is 0 Å². The Labute approximate surface area is 218 Å². The van der Waals surface area contributed by atoms with Crippen molar-refractivity contribution >= 4 is 11.6 Å². The van der Waals surface area contributed by atoms with E-state index in [2.05, 4.69) is 73.6 Å². The van der Waals surface area contributed by atoms with Crippen molar-refractivity contribution in [2.45, 2.75) is 57.4 Å². The third-order valence-electron chi connectivity index (χ3n) is 7.78. The lowest BCUT2D eigenvalue weighted by molar-refractivity contribution is -0.167. The summed E-state index contributed by atoms with van der Waals surface area (Å²) in [5, 5.41) is 3.46. The van der Waals surface area contributed by atoms with E-state index in [1.54, 1.807) is 18.1 Å². The Balaban J connectivity index is 1.04. The van der Waals surface area contributed by atoms with Gasteiger partial charge in [-0.05, 0) is 47.7 Å². The van der Waals surface area contributed by atoms with E-state index in [0.29, 0.717) is 6.42 Å². The molecule has 0 aliphatic carbocycles. The van der Waals surface area contributed by atoms with E-state index in [1.165, 1.54) is 28.7 Å². The van der Waals surface area contributed by atoms with Gasteiger partial charge in [-0.3, -0.25) is 15.0 Å². The summed E-state index contributed by atoms with van der Waals surface area (Å²) in [4.78, 5) is 27.6. The van der Waals surface area contributed by atoms with Crippen LogP contribution in [0.15, 0.2) is 67.1 Å². The van der Waals surface area contributed by atoms with Gasteiger partial charge in [0.25, 0.3) is 0 Å². The molecule has 2 fully saturated rings. The molecule has 2 aromatic carbocycles. The van der Waals surface area contributed by atoms with Gasteiger partial charge >= 0.3 is 0 Å². The summed E-state index contributed by atoms with van der Waals surface area (Å²) in [6.45, 7) is 4.88. The Morgan fingerprint density at radius 1 is 1.03 bits per heavy atom. The number of benzene rings is 2. The number of nitrogens with zero attached hydrogens (tertiary/aromatic N) is 5. The minimum absolute atomic E-state index is 0.0595. The number of ether oxygens (including phenoxy) is 1. The average Bonchev–Trinajstić information content (AvgIpc) is 3.34. The topological polar surface area (TPSA) is 73.8 Å². The zero-order valence-electron chi connectivity index (χ0n) is 21.3. The second-order valence-electron chi connectivity index (χ2n) is 10.3. The van der Waals surface area contributed by atoms with Gasteiger partial charge in [0.05, 0.1) is 17.8 Å². The molecule has 1 amide bonds. The smallest absolute Gasteiger partial charge is 0.227 e. The van der Waals surface area contributed by atoms with E-state index >= 15 is 0 Å². The molecule has 8 nitrogen and oxygen atoms in total. The Morgan fingerprint density at radius 2 is 1.84 bits per heavy atom. The van der Waals surface area contributed by atoms with E-state index in [-0.39, 0.29) is 18.1 Å². The fourth-order valence-corrected chi connectivity index (χ4v) is 5.65. The number of carbonyl (C=O) groups excluding carboxylic acids is 1. The number of hydrogen-bond acceptors (Lipinski definition) is 7. The molecule has 8 heteroatoms. The standard InChI is InChI=1S/C29H34N6O2/c1-33-28(36)16-27(26-9-12-30-20-31-26)32-29(33)37-25-10-13-35(14-11-25)24-8-7-22-18-34(19-23(22)15-24)17-21-5-3-2-4-6-21/h2-9,12,15,20,25,27,29,32H,10-11,13-14,16-19H2,1H3. The van der Waals surface area contributed by atoms with Crippen LogP contribution < -0.4 is 10.2 Å². The Bertz CT molecular complexity index is 1220. The van der Waals surface area contributed by atoms with Crippen LogP contribution in [0.5, 0.6) is 0 Å². The Morgan fingerprint density at radius 3 is 2.62 bits per heavy atom. The summed E-state index contributed by atoms with van der Waals surface area (Å²) in [6.07, 6.45) is 5.10. The molecule has 0 radical (unpaired) electrons. The third-order valence-corrected chi connectivity index (χ3v) is 7.78. The first-order chi connectivity index (χ1) is 18.1. The minimum Gasteiger partial charge on any atom is -0.371 e. The molecule has 2 atom stereocenters. The summed E-state index contributed by atoms with van der Waals surface area (Å²) in [5.41, 5.74) is 6.35. The molecule has 3 aromatic rings. The predicted octanol–water partition coefficient (Wildman–Crippen LogP) is 3.45. The van der Waals surface area contributed by atoms with Crippen molar-refractivity contribution in [1.29, 1.82) is 0 Å². The minimum atomic E-state index is -0.451. The molecule has 37 heavy (non-hydrogen) atoms. The molecule has 2 saturated heterocycles. The number of nitrogens with one attached hydrogen (secondary N) is 1. The zero-order valence-corrected chi connectivity index (χ0v) is 21.3. The SMILES string of the molecule is CN1C(=O)CC(c2ccncn2)NC1OC1CCN(c2ccc3c(c2)CN(Cc2ccccc2)C3)CC1. The maximum atomic E-state index is 12.6. The number of anilines is 1. The number of piperidine rings is 1. The normalized spacial score (nSPS) is 22.9. The highest BCUT2D eigenvalue weighted by atomic mass is 16.5. The van der Waals surface area contributed by atoms with E-state index in [9.17, 15) is 4.79 Å². The lowest BCUT2D eigenvalue weighted by Gasteiger charge is -2.41. The monoisotopic (exact) mass is 498 g/mol. The van der Waals surface area contributed by atoms with Crippen LogP contribution >= 0.6 is 0 Å². The second-order valence-corrected chi connectivity index (χ2v) is 10.3. The number of hydrogen-bond donors (Lipinski definition) is 1. The van der Waals surface area contributed by atoms with E-state index in [4.69, 9.17) is 4.74 Å². The van der Waals surface area contributed by atoms with Crippen molar-refractivity contribution in [2.75, 3.05) is 25.0 Å². The molecule has 3 aliphatic heterocycles. The zero-order chi connectivity index (χ0) is 25.2. The van der Waals surface area contributed by atoms with Gasteiger partial charge in [-0.2, -0.15) is 0 Å². The molecular weight excluding hydrogens is 464 g/mol. The van der Waals surface area contributed by atoms with Gasteiger partial charge in [0.1, 0.15) is 6.33 Å². The molecule has 1 N–H and O–H groups in total. The fourth-order valence-electron chi connectivity index (χ4n) is 5.65. The highest BCUT2D eigenvalue weighted by Gasteiger charge is 2.35. The first kappa shape index (κ1) is 24.0. The van der Waals surface area contributed by atoms with Gasteiger partial charge in [0.2, 0.25) is 5.91 Å². The van der Waals surface area contributed by atoms with Gasteiger partial charge in [-0.1, -0.05) is 36.4 Å². The average molecular weight is 499 g/mol. The summed E-state index contributed by atoms with van der Waals surface area (Å²) in [7, 11) is 1.80. The molecule has 0 bridgehead atoms. The maximum Gasteiger partial charge on any atom is 0.227 e. The van der Waals surface area contributed by atoms with Crippen LogP contribution in [0.2, 0.25) is 0 Å². The van der Waals surface area contributed by atoms with Crippen LogP contribution in [0.1, 0.15) is 47.7 Å². The Kier molecular flexibility index (Phi) is 6.87. The van der Waals surface area contributed by atoms with Crippen molar-refractivity contribution in [1.82, 2.24) is 25.1 Å². The molecular formula is C29H34N6O2. The van der Waals surface area contributed by atoms with E-state index in [1.807, 2.05) is 6.07 Å². The van der Waals surface area contributed by atoms with Crippen LogP contribution in [0.4, 0.5) is 5.69 Å². The van der Waals surface area contributed by atoms with Crippen LogP contribution in [-0.2, 0) is 29.2 Å². The van der Waals surface area contributed by atoms with Gasteiger partial charge < -0.3 is 14.5 Å². The largest absolute Gasteiger partial charge is 0.371 e. The molecule has 2 unspecified atom stereocenters. The number of carbonyl (C=O) groups is 1. The third kappa shape index (κ3) is 5.37. The van der Waals surface area contributed by atoms with Crippen LogP contribution in [0.25, 0.3) is 0 Å². The van der Waals surface area contributed by atoms with E-state index in [0.717, 1.165) is 51.3 Å². The van der Waals surface area contributed by atoms with Gasteiger partial charge in [0, 0.05) is 58.1 Å². The van der Waals surface area contributed by atoms with Crippen molar-refractivity contribution in [2.24, 2.45) is 0 Å².